The zero-order valence-corrected chi connectivity index (χ0v) is 20.0. The maximum absolute atomic E-state index is 13.4. The number of halogens is 7. The number of alkyl halides is 3. The fourth-order valence-electron chi connectivity index (χ4n) is 4.90. The van der Waals surface area contributed by atoms with Crippen molar-refractivity contribution in [2.45, 2.75) is 6.18 Å². The number of fused-ring (bicyclic) bond motifs is 2. The van der Waals surface area contributed by atoms with Crippen LogP contribution in [-0.4, -0.2) is 0 Å². The van der Waals surface area contributed by atoms with E-state index in [1.807, 2.05) is 12.1 Å². The maximum Gasteiger partial charge on any atom is 0.416 e. The van der Waals surface area contributed by atoms with E-state index in [9.17, 15) is 13.2 Å². The summed E-state index contributed by atoms with van der Waals surface area (Å²) in [6.07, 6.45) is -4.47. The molecule has 0 aliphatic carbocycles. The molecule has 0 aliphatic rings. The van der Waals surface area contributed by atoms with Crippen LogP contribution in [0.1, 0.15) is 5.56 Å². The maximum atomic E-state index is 13.4. The van der Waals surface area contributed by atoms with E-state index in [1.54, 1.807) is 36.4 Å². The Morgan fingerprint density at radius 3 is 1.71 bits per heavy atom. The molecule has 0 unspecified atom stereocenters. The normalized spacial score (nSPS) is 12.6. The van der Waals surface area contributed by atoms with Crippen LogP contribution in [0, 0.1) is 0 Å². The molecular weight excluding hydrogens is 523 g/mol. The van der Waals surface area contributed by atoms with Gasteiger partial charge in [-0.3, -0.25) is 0 Å². The minimum absolute atomic E-state index is 0.364. The second kappa shape index (κ2) is 7.53. The van der Waals surface area contributed by atoms with Gasteiger partial charge in [0, 0.05) is 52.4 Å². The van der Waals surface area contributed by atoms with Gasteiger partial charge in [-0.1, -0.05) is 76.7 Å². The van der Waals surface area contributed by atoms with Crippen LogP contribution in [0.25, 0.3) is 54.2 Å². The minimum Gasteiger partial charge on any atom is -0.166 e. The Morgan fingerprint density at radius 1 is 0.529 bits per heavy atom. The first kappa shape index (κ1) is 22.1. The lowest BCUT2D eigenvalue weighted by Gasteiger charge is -2.20. The molecule has 7 heteroatoms. The highest BCUT2D eigenvalue weighted by atomic mass is 35.5. The van der Waals surface area contributed by atoms with E-state index >= 15 is 0 Å². The first-order valence-corrected chi connectivity index (χ1v) is 11.7. The summed E-state index contributed by atoms with van der Waals surface area (Å²) in [7, 11) is 0. The fourth-order valence-corrected chi connectivity index (χ4v) is 5.96. The average Bonchev–Trinajstić information content (AvgIpc) is 2.80. The quantitative estimate of drug-likeness (QED) is 0.145. The minimum atomic E-state index is -4.47. The number of benzene rings is 6. The van der Waals surface area contributed by atoms with Crippen molar-refractivity contribution in [1.82, 2.24) is 0 Å². The van der Waals surface area contributed by atoms with Gasteiger partial charge in [-0.05, 0) is 58.3 Å². The molecule has 0 saturated carbocycles. The number of rotatable bonds is 1. The van der Waals surface area contributed by atoms with Crippen molar-refractivity contribution in [2.24, 2.45) is 0 Å². The fraction of sp³-hybridized carbons (Fsp3) is 0.0370. The standard InChI is InChI=1S/C27H11Cl4F3/c28-17-7-4-12-5-8-18(29)24-21(12)23(17)25-19(30)9-6-15-16(11-20(31)26(24)22(15)25)13-2-1-3-14(10-13)27(32,33)34/h1-11H. The summed E-state index contributed by atoms with van der Waals surface area (Å²) in [4.78, 5) is 0. The largest absolute Gasteiger partial charge is 0.416 e. The van der Waals surface area contributed by atoms with Gasteiger partial charge in [-0.2, -0.15) is 13.2 Å². The summed E-state index contributed by atoms with van der Waals surface area (Å²) in [6, 6.07) is 17.8. The number of hydrogen-bond acceptors (Lipinski definition) is 0. The van der Waals surface area contributed by atoms with E-state index in [2.05, 4.69) is 0 Å². The van der Waals surface area contributed by atoms with Gasteiger partial charge in [-0.15, -0.1) is 0 Å². The van der Waals surface area contributed by atoms with Crippen LogP contribution in [0.15, 0.2) is 66.7 Å². The van der Waals surface area contributed by atoms with Gasteiger partial charge in [0.1, 0.15) is 0 Å². The van der Waals surface area contributed by atoms with E-state index in [4.69, 9.17) is 46.4 Å². The van der Waals surface area contributed by atoms with Crippen LogP contribution in [0.2, 0.25) is 20.1 Å². The highest BCUT2D eigenvalue weighted by Gasteiger charge is 2.31. The Morgan fingerprint density at radius 2 is 1.09 bits per heavy atom. The molecule has 0 fully saturated rings. The van der Waals surface area contributed by atoms with Gasteiger partial charge in [0.05, 0.1) is 5.56 Å². The topological polar surface area (TPSA) is 0 Å². The van der Waals surface area contributed by atoms with Gasteiger partial charge < -0.3 is 0 Å². The van der Waals surface area contributed by atoms with Gasteiger partial charge in [0.25, 0.3) is 0 Å². The molecule has 168 valence electrons. The average molecular weight is 534 g/mol. The van der Waals surface area contributed by atoms with E-state index in [0.717, 1.165) is 33.7 Å². The molecule has 0 N–H and O–H groups in total. The van der Waals surface area contributed by atoms with E-state index in [1.165, 1.54) is 6.07 Å². The van der Waals surface area contributed by atoms with Crippen LogP contribution in [0.3, 0.4) is 0 Å². The van der Waals surface area contributed by atoms with Crippen molar-refractivity contribution in [3.63, 3.8) is 0 Å². The third-order valence-corrected chi connectivity index (χ3v) is 7.53. The Balaban J connectivity index is 1.89. The van der Waals surface area contributed by atoms with Crippen LogP contribution >= 0.6 is 46.4 Å². The zero-order valence-electron chi connectivity index (χ0n) is 17.0. The van der Waals surface area contributed by atoms with Crippen molar-refractivity contribution in [2.75, 3.05) is 0 Å². The zero-order chi connectivity index (χ0) is 23.9. The van der Waals surface area contributed by atoms with Crippen molar-refractivity contribution in [3.8, 4) is 11.1 Å². The van der Waals surface area contributed by atoms with Gasteiger partial charge in [0.2, 0.25) is 0 Å². The highest BCUT2D eigenvalue weighted by Crippen LogP contribution is 2.51. The summed E-state index contributed by atoms with van der Waals surface area (Å²) < 4.78 is 40.3. The highest BCUT2D eigenvalue weighted by molar-refractivity contribution is 6.53. The van der Waals surface area contributed by atoms with Crippen molar-refractivity contribution in [3.05, 3.63) is 92.4 Å². The monoisotopic (exact) mass is 532 g/mol. The molecule has 6 aromatic rings. The lowest BCUT2D eigenvalue weighted by molar-refractivity contribution is -0.137. The predicted octanol–water partition coefficient (Wildman–Crippen LogP) is 11.0. The summed E-state index contributed by atoms with van der Waals surface area (Å²) in [5, 5.41) is 7.85. The molecule has 0 heterocycles. The van der Waals surface area contributed by atoms with Gasteiger partial charge >= 0.3 is 6.18 Å². The summed E-state index contributed by atoms with van der Waals surface area (Å²) >= 11 is 27.0. The van der Waals surface area contributed by atoms with Crippen molar-refractivity contribution in [1.29, 1.82) is 0 Å². The molecule has 0 bridgehead atoms. The summed E-state index contributed by atoms with van der Waals surface area (Å²) in [5.74, 6) is 0. The molecule has 0 saturated heterocycles. The molecule has 0 nitrogen and oxygen atoms in total. The molecule has 0 aliphatic heterocycles. The third kappa shape index (κ3) is 3.08. The lowest BCUT2D eigenvalue weighted by atomic mass is 9.86. The lowest BCUT2D eigenvalue weighted by Crippen LogP contribution is -2.04. The molecule has 6 rings (SSSR count). The molecule has 0 atom stereocenters. The second-order valence-electron chi connectivity index (χ2n) is 8.15. The SMILES string of the molecule is FC(F)(F)c1cccc(-c2cc(Cl)c3c4c(Cl)ccc5ccc(Cl)c(c6c(Cl)ccc2c63)c54)c1. The predicted molar refractivity (Wildman–Crippen MR) is 138 cm³/mol. The van der Waals surface area contributed by atoms with Gasteiger partial charge in [-0.25, -0.2) is 0 Å². The molecule has 0 aromatic heterocycles. The van der Waals surface area contributed by atoms with E-state index < -0.39 is 11.7 Å². The smallest absolute Gasteiger partial charge is 0.166 e. The Kier molecular flexibility index (Phi) is 4.89. The summed E-state index contributed by atoms with van der Waals surface area (Å²) in [5.41, 5.74) is 0.221. The molecular formula is C27H11Cl4F3. The molecule has 0 amide bonds. The molecule has 0 radical (unpaired) electrons. The number of hydrogen-bond donors (Lipinski definition) is 0. The van der Waals surface area contributed by atoms with Gasteiger partial charge in [0.15, 0.2) is 0 Å². The van der Waals surface area contributed by atoms with Crippen LogP contribution < -0.4 is 0 Å². The Hall–Kier alpha value is -2.43. The second-order valence-corrected chi connectivity index (χ2v) is 9.78. The van der Waals surface area contributed by atoms with Crippen molar-refractivity contribution >= 4 is 89.5 Å². The molecule has 0 spiro atoms. The molecule has 34 heavy (non-hydrogen) atoms. The third-order valence-electron chi connectivity index (χ3n) is 6.29. The van der Waals surface area contributed by atoms with E-state index in [0.29, 0.717) is 52.8 Å². The Bertz CT molecular complexity index is 1730. The van der Waals surface area contributed by atoms with Crippen molar-refractivity contribution < 1.29 is 13.2 Å². The first-order valence-electron chi connectivity index (χ1n) is 10.2. The molecule has 6 aromatic carbocycles. The van der Waals surface area contributed by atoms with Crippen LogP contribution in [0.5, 0.6) is 0 Å². The summed E-state index contributed by atoms with van der Waals surface area (Å²) in [6.45, 7) is 0. The van der Waals surface area contributed by atoms with E-state index in [-0.39, 0.29) is 0 Å². The first-order chi connectivity index (χ1) is 16.2. The van der Waals surface area contributed by atoms with Crippen LogP contribution in [-0.2, 0) is 6.18 Å². The van der Waals surface area contributed by atoms with Crippen LogP contribution in [0.4, 0.5) is 13.2 Å². The Labute approximate surface area is 211 Å².